The molecule has 0 saturated carbocycles. The molecule has 2 bridgehead atoms. The number of hydrogen-bond donors (Lipinski definition) is 3. The Morgan fingerprint density at radius 3 is 2.39 bits per heavy atom. The lowest BCUT2D eigenvalue weighted by atomic mass is 9.70. The number of aliphatic hydroxyl groups excluding tert-OH is 1. The Morgan fingerprint density at radius 1 is 1.05 bits per heavy atom. The van der Waals surface area contributed by atoms with Crippen molar-refractivity contribution in [3.63, 3.8) is 0 Å². The summed E-state index contributed by atoms with van der Waals surface area (Å²) in [6, 6.07) is 8.80. The molecule has 38 heavy (non-hydrogen) atoms. The van der Waals surface area contributed by atoms with Gasteiger partial charge in [0.15, 0.2) is 0 Å². The van der Waals surface area contributed by atoms with Gasteiger partial charge in [-0.25, -0.2) is 0 Å². The molecule has 3 saturated heterocycles. The molecule has 210 valence electrons. The van der Waals surface area contributed by atoms with Crippen molar-refractivity contribution < 1.29 is 19.5 Å². The number of fused-ring (bicyclic) bond motifs is 1. The number of hydrogen-bond acceptors (Lipinski definition) is 5. The Bertz CT molecular complexity index is 1020. The van der Waals surface area contributed by atoms with E-state index in [0.717, 1.165) is 50.6 Å². The number of likely N-dealkylation sites (tertiary alicyclic amines) is 1. The Morgan fingerprint density at radius 2 is 1.74 bits per heavy atom. The van der Waals surface area contributed by atoms with Crippen molar-refractivity contribution in [1.29, 1.82) is 0 Å². The fourth-order valence-corrected chi connectivity index (χ4v) is 9.48. The van der Waals surface area contributed by atoms with Gasteiger partial charge in [0.05, 0.1) is 16.6 Å². The number of carbonyl (C=O) groups is 3. The first kappa shape index (κ1) is 28.9. The number of nitrogens with one attached hydrogen (secondary N) is 2. The molecule has 3 aliphatic heterocycles. The van der Waals surface area contributed by atoms with E-state index in [1.54, 1.807) is 16.7 Å². The minimum atomic E-state index is -0.582. The van der Waals surface area contributed by atoms with E-state index in [1.807, 2.05) is 30.3 Å². The van der Waals surface area contributed by atoms with Gasteiger partial charge in [0.1, 0.15) is 6.04 Å². The quantitative estimate of drug-likeness (QED) is 0.354. The minimum absolute atomic E-state index is 0.0384. The van der Waals surface area contributed by atoms with E-state index in [0.29, 0.717) is 6.54 Å². The normalized spacial score (nSPS) is 28.5. The Balaban J connectivity index is 1.60. The van der Waals surface area contributed by atoms with E-state index in [4.69, 9.17) is 5.11 Å². The molecular weight excluding hydrogens is 498 g/mol. The van der Waals surface area contributed by atoms with Crippen molar-refractivity contribution in [3.8, 4) is 0 Å². The van der Waals surface area contributed by atoms with Gasteiger partial charge < -0.3 is 20.6 Å². The largest absolute Gasteiger partial charge is 0.396 e. The second-order valence-corrected chi connectivity index (χ2v) is 14.8. The maximum Gasteiger partial charge on any atom is 0.244 e. The van der Waals surface area contributed by atoms with Gasteiger partial charge in [-0.1, -0.05) is 51.8 Å². The summed E-state index contributed by atoms with van der Waals surface area (Å²) in [5.74, 6) is -1.20. The SMILES string of the molecule is CC(C)(C)CC(C)(C)NC(=O)C1N(CCCCCCO)C(=O)[C@@H]2[C@H](C(=O)Nc3ccccc3)[C@@H]3CCC12S3. The molecule has 1 aromatic carbocycles. The van der Waals surface area contributed by atoms with Crippen LogP contribution in [0.4, 0.5) is 5.69 Å². The molecule has 5 atom stereocenters. The van der Waals surface area contributed by atoms with Crippen molar-refractivity contribution in [2.24, 2.45) is 17.3 Å². The van der Waals surface area contributed by atoms with Gasteiger partial charge >= 0.3 is 0 Å². The fraction of sp³-hybridized carbons (Fsp3) is 0.700. The number of thioether (sulfide) groups is 1. The van der Waals surface area contributed by atoms with E-state index < -0.39 is 28.2 Å². The lowest BCUT2D eigenvalue weighted by Gasteiger charge is -2.39. The van der Waals surface area contributed by atoms with E-state index in [-0.39, 0.29) is 35.0 Å². The first-order chi connectivity index (χ1) is 17.9. The highest BCUT2D eigenvalue weighted by Crippen LogP contribution is 2.66. The smallest absolute Gasteiger partial charge is 0.244 e. The summed E-state index contributed by atoms with van der Waals surface area (Å²) in [5.41, 5.74) is 0.339. The molecule has 8 heteroatoms. The average molecular weight is 544 g/mol. The van der Waals surface area contributed by atoms with Crippen LogP contribution in [0.5, 0.6) is 0 Å². The van der Waals surface area contributed by atoms with Crippen molar-refractivity contribution in [2.75, 3.05) is 18.5 Å². The van der Waals surface area contributed by atoms with Crippen molar-refractivity contribution in [2.45, 2.75) is 101 Å². The van der Waals surface area contributed by atoms with Crippen LogP contribution in [0.3, 0.4) is 0 Å². The predicted molar refractivity (Wildman–Crippen MR) is 153 cm³/mol. The van der Waals surface area contributed by atoms with Gasteiger partial charge in [0.2, 0.25) is 17.7 Å². The highest BCUT2D eigenvalue weighted by molar-refractivity contribution is 8.02. The van der Waals surface area contributed by atoms with Crippen LogP contribution < -0.4 is 10.6 Å². The van der Waals surface area contributed by atoms with Crippen LogP contribution in [0.15, 0.2) is 30.3 Å². The second kappa shape index (κ2) is 11.2. The maximum atomic E-state index is 14.1. The minimum Gasteiger partial charge on any atom is -0.396 e. The van der Waals surface area contributed by atoms with Crippen LogP contribution in [0.1, 0.15) is 79.6 Å². The van der Waals surface area contributed by atoms with E-state index in [1.165, 1.54) is 0 Å². The molecule has 7 nitrogen and oxygen atoms in total. The standard InChI is InChI=1S/C30H45N3O4S/c1-28(2,3)19-29(4,5)32-26(36)24-30-16-15-21(38-30)22(25(35)31-20-13-9-8-10-14-20)23(30)27(37)33(24)17-11-6-7-12-18-34/h8-10,13-14,21-24,34H,6-7,11-12,15-19H2,1-5H3,(H,31,35)(H,32,36)/t21-,22+,23-,24?,30?/m0/s1. The fourth-order valence-electron chi connectivity index (χ4n) is 7.26. The number of para-hydroxylation sites is 1. The third-order valence-electron chi connectivity index (χ3n) is 8.13. The van der Waals surface area contributed by atoms with Crippen LogP contribution in [-0.2, 0) is 14.4 Å². The summed E-state index contributed by atoms with van der Waals surface area (Å²) in [6.45, 7) is 11.3. The molecule has 1 aromatic rings. The number of unbranched alkanes of at least 4 members (excludes halogenated alkanes) is 3. The molecule has 1 spiro atoms. The second-order valence-electron chi connectivity index (χ2n) is 13.2. The van der Waals surface area contributed by atoms with Gasteiger partial charge in [0, 0.05) is 29.6 Å². The highest BCUT2D eigenvalue weighted by atomic mass is 32.2. The third-order valence-corrected chi connectivity index (χ3v) is 10.1. The summed E-state index contributed by atoms with van der Waals surface area (Å²) in [5, 5.41) is 15.5. The summed E-state index contributed by atoms with van der Waals surface area (Å²) >= 11 is 1.71. The van der Waals surface area contributed by atoms with Crippen molar-refractivity contribution in [1.82, 2.24) is 10.2 Å². The van der Waals surface area contributed by atoms with E-state index in [9.17, 15) is 14.4 Å². The van der Waals surface area contributed by atoms with Crippen molar-refractivity contribution in [3.05, 3.63) is 30.3 Å². The van der Waals surface area contributed by atoms with Gasteiger partial charge in [-0.2, -0.15) is 0 Å². The van der Waals surface area contributed by atoms with Crippen LogP contribution in [0.25, 0.3) is 0 Å². The van der Waals surface area contributed by atoms with E-state index in [2.05, 4.69) is 45.3 Å². The number of amides is 3. The molecule has 3 N–H and O–H groups in total. The number of carbonyl (C=O) groups excluding carboxylic acids is 3. The first-order valence-corrected chi connectivity index (χ1v) is 15.0. The van der Waals surface area contributed by atoms with Gasteiger partial charge in [-0.3, -0.25) is 14.4 Å². The Labute approximate surface area is 231 Å². The zero-order chi connectivity index (χ0) is 27.7. The maximum absolute atomic E-state index is 14.1. The van der Waals surface area contributed by atoms with Gasteiger partial charge in [-0.15, -0.1) is 11.8 Å². The van der Waals surface area contributed by atoms with Gasteiger partial charge in [0.25, 0.3) is 0 Å². The summed E-state index contributed by atoms with van der Waals surface area (Å²) in [6.07, 6.45) is 5.71. The number of anilines is 1. The number of nitrogens with zero attached hydrogens (tertiary/aromatic N) is 1. The molecule has 3 fully saturated rings. The summed E-state index contributed by atoms with van der Waals surface area (Å²) < 4.78 is -0.576. The van der Waals surface area contributed by atoms with E-state index >= 15 is 0 Å². The zero-order valence-corrected chi connectivity index (χ0v) is 24.4. The molecular formula is C30H45N3O4S. The molecule has 4 rings (SSSR count). The topological polar surface area (TPSA) is 98.7 Å². The Hall–Kier alpha value is -2.06. The Kier molecular flexibility index (Phi) is 8.53. The third kappa shape index (κ3) is 5.91. The lowest BCUT2D eigenvalue weighted by molar-refractivity contribution is -0.139. The van der Waals surface area contributed by atoms with Crippen LogP contribution in [0, 0.1) is 17.3 Å². The first-order valence-electron chi connectivity index (χ1n) is 14.2. The molecule has 0 radical (unpaired) electrons. The highest BCUT2D eigenvalue weighted by Gasteiger charge is 2.73. The number of benzene rings is 1. The average Bonchev–Trinajstić information content (AvgIpc) is 3.45. The lowest BCUT2D eigenvalue weighted by Crippen LogP contribution is -2.58. The van der Waals surface area contributed by atoms with Crippen LogP contribution >= 0.6 is 11.8 Å². The molecule has 2 unspecified atom stereocenters. The molecule has 3 amide bonds. The molecule has 3 heterocycles. The molecule has 0 aromatic heterocycles. The number of rotatable bonds is 11. The monoisotopic (exact) mass is 543 g/mol. The van der Waals surface area contributed by atoms with Gasteiger partial charge in [-0.05, 0) is 63.5 Å². The predicted octanol–water partition coefficient (Wildman–Crippen LogP) is 4.60. The van der Waals surface area contributed by atoms with Crippen LogP contribution in [0.2, 0.25) is 0 Å². The van der Waals surface area contributed by atoms with Crippen LogP contribution in [-0.4, -0.2) is 62.5 Å². The molecule has 0 aliphatic carbocycles. The molecule has 3 aliphatic rings. The summed E-state index contributed by atoms with van der Waals surface area (Å²) in [4.78, 5) is 43.5. The summed E-state index contributed by atoms with van der Waals surface area (Å²) in [7, 11) is 0. The van der Waals surface area contributed by atoms with Crippen molar-refractivity contribution >= 4 is 35.2 Å². The number of aliphatic hydroxyl groups is 1. The zero-order valence-electron chi connectivity index (χ0n) is 23.6.